The zero-order valence-electron chi connectivity index (χ0n) is 9.52. The Labute approximate surface area is 102 Å². The lowest BCUT2D eigenvalue weighted by Crippen LogP contribution is -2.47. The van der Waals surface area contributed by atoms with Gasteiger partial charge in [-0.3, -0.25) is 0 Å². The van der Waals surface area contributed by atoms with Crippen LogP contribution < -0.4 is 5.73 Å². The van der Waals surface area contributed by atoms with E-state index in [0.29, 0.717) is 10.9 Å². The molecule has 2 rings (SSSR count). The van der Waals surface area contributed by atoms with Gasteiger partial charge in [0, 0.05) is 32.1 Å². The zero-order valence-corrected chi connectivity index (χ0v) is 10.3. The number of amides is 2. The minimum Gasteiger partial charge on any atom is -0.393 e. The summed E-state index contributed by atoms with van der Waals surface area (Å²) in [5, 5.41) is 0. The van der Waals surface area contributed by atoms with Gasteiger partial charge in [-0.25, -0.2) is 4.79 Å². The summed E-state index contributed by atoms with van der Waals surface area (Å²) in [5.41, 5.74) is 5.63. The molecule has 4 nitrogen and oxygen atoms in total. The van der Waals surface area contributed by atoms with E-state index in [1.165, 1.54) is 0 Å². The van der Waals surface area contributed by atoms with Crippen LogP contribution in [-0.2, 0) is 0 Å². The fourth-order valence-electron chi connectivity index (χ4n) is 2.46. The Hall–Kier alpha value is -0.840. The van der Waals surface area contributed by atoms with Crippen LogP contribution in [-0.4, -0.2) is 47.0 Å². The standard InChI is InChI=1S/C11H19N3OS/c12-10(16)9-3-7-14(8-4-9)11(15)13-5-1-2-6-13/h9H,1-8H2,(H2,12,16). The summed E-state index contributed by atoms with van der Waals surface area (Å²) in [6, 6.07) is 0.207. The number of carbonyl (C=O) groups excluding carboxylic acids is 1. The molecule has 0 aromatic heterocycles. The molecule has 0 aromatic carbocycles. The highest BCUT2D eigenvalue weighted by Gasteiger charge is 2.28. The van der Waals surface area contributed by atoms with Crippen LogP contribution in [0.15, 0.2) is 0 Å². The van der Waals surface area contributed by atoms with E-state index in [1.807, 2.05) is 9.80 Å². The SMILES string of the molecule is NC(=S)C1CCN(C(=O)N2CCCC2)CC1. The lowest BCUT2D eigenvalue weighted by Gasteiger charge is -2.34. The monoisotopic (exact) mass is 241 g/mol. The quantitative estimate of drug-likeness (QED) is 0.702. The summed E-state index contributed by atoms with van der Waals surface area (Å²) in [5.74, 6) is 0.331. The van der Waals surface area contributed by atoms with Crippen LogP contribution in [0.5, 0.6) is 0 Å². The third-order valence-electron chi connectivity index (χ3n) is 3.54. The van der Waals surface area contributed by atoms with E-state index in [-0.39, 0.29) is 6.03 Å². The molecule has 0 aliphatic carbocycles. The van der Waals surface area contributed by atoms with E-state index in [1.54, 1.807) is 0 Å². The molecule has 2 aliphatic heterocycles. The molecule has 90 valence electrons. The highest BCUT2D eigenvalue weighted by molar-refractivity contribution is 7.80. The highest BCUT2D eigenvalue weighted by atomic mass is 32.1. The predicted octanol–water partition coefficient (Wildman–Crippen LogP) is 1.20. The van der Waals surface area contributed by atoms with E-state index in [0.717, 1.165) is 51.9 Å². The Kier molecular flexibility index (Phi) is 3.63. The molecule has 0 aromatic rings. The van der Waals surface area contributed by atoms with Crippen LogP contribution in [0.2, 0.25) is 0 Å². The Morgan fingerprint density at radius 3 is 2.06 bits per heavy atom. The number of hydrogen-bond donors (Lipinski definition) is 1. The first-order chi connectivity index (χ1) is 7.68. The van der Waals surface area contributed by atoms with Crippen molar-refractivity contribution in [2.45, 2.75) is 25.7 Å². The van der Waals surface area contributed by atoms with Gasteiger partial charge in [-0.05, 0) is 25.7 Å². The van der Waals surface area contributed by atoms with Gasteiger partial charge in [0.2, 0.25) is 0 Å². The highest BCUT2D eigenvalue weighted by Crippen LogP contribution is 2.20. The molecule has 0 unspecified atom stereocenters. The van der Waals surface area contributed by atoms with Crippen molar-refractivity contribution in [1.82, 2.24) is 9.80 Å². The first-order valence-electron chi connectivity index (χ1n) is 6.01. The molecule has 16 heavy (non-hydrogen) atoms. The second-order valence-corrected chi connectivity index (χ2v) is 5.11. The Bertz CT molecular complexity index is 281. The summed E-state index contributed by atoms with van der Waals surface area (Å²) >= 11 is 4.99. The van der Waals surface area contributed by atoms with E-state index in [9.17, 15) is 4.79 Å². The van der Waals surface area contributed by atoms with Gasteiger partial charge in [0.1, 0.15) is 0 Å². The zero-order chi connectivity index (χ0) is 11.5. The maximum atomic E-state index is 12.1. The van der Waals surface area contributed by atoms with Crippen LogP contribution in [0, 0.1) is 5.92 Å². The molecule has 2 fully saturated rings. The number of thiocarbonyl (C=S) groups is 1. The van der Waals surface area contributed by atoms with Crippen LogP contribution in [0.25, 0.3) is 0 Å². The van der Waals surface area contributed by atoms with E-state index >= 15 is 0 Å². The molecular weight excluding hydrogens is 222 g/mol. The maximum Gasteiger partial charge on any atom is 0.319 e. The van der Waals surface area contributed by atoms with Gasteiger partial charge in [0.15, 0.2) is 0 Å². The molecule has 2 saturated heterocycles. The molecule has 0 bridgehead atoms. The Balaban J connectivity index is 1.84. The third-order valence-corrected chi connectivity index (χ3v) is 3.88. The molecule has 2 heterocycles. The number of likely N-dealkylation sites (tertiary alicyclic amines) is 2. The van der Waals surface area contributed by atoms with Crippen molar-refractivity contribution in [1.29, 1.82) is 0 Å². The molecular formula is C11H19N3OS. The number of urea groups is 1. The van der Waals surface area contributed by atoms with Crippen molar-refractivity contribution in [3.8, 4) is 0 Å². The number of nitrogens with zero attached hydrogens (tertiary/aromatic N) is 2. The largest absolute Gasteiger partial charge is 0.393 e. The van der Waals surface area contributed by atoms with Crippen LogP contribution in [0.1, 0.15) is 25.7 Å². The molecule has 2 aliphatic rings. The Morgan fingerprint density at radius 1 is 1.06 bits per heavy atom. The van der Waals surface area contributed by atoms with Gasteiger partial charge in [-0.15, -0.1) is 0 Å². The molecule has 0 radical (unpaired) electrons. The first kappa shape index (κ1) is 11.6. The smallest absolute Gasteiger partial charge is 0.319 e. The third kappa shape index (κ3) is 2.45. The molecule has 0 spiro atoms. The van der Waals surface area contributed by atoms with Crippen molar-refractivity contribution in [3.63, 3.8) is 0 Å². The number of nitrogens with two attached hydrogens (primary N) is 1. The average Bonchev–Trinajstić information content (AvgIpc) is 2.81. The van der Waals surface area contributed by atoms with Crippen molar-refractivity contribution in [3.05, 3.63) is 0 Å². The van der Waals surface area contributed by atoms with Gasteiger partial charge in [-0.1, -0.05) is 12.2 Å². The van der Waals surface area contributed by atoms with Crippen LogP contribution >= 0.6 is 12.2 Å². The number of rotatable bonds is 1. The Morgan fingerprint density at radius 2 is 1.56 bits per heavy atom. The van der Waals surface area contributed by atoms with Gasteiger partial charge < -0.3 is 15.5 Å². The normalized spacial score (nSPS) is 22.5. The average molecular weight is 241 g/mol. The summed E-state index contributed by atoms with van der Waals surface area (Å²) in [6.45, 7) is 3.46. The summed E-state index contributed by atoms with van der Waals surface area (Å²) < 4.78 is 0. The molecule has 2 N–H and O–H groups in total. The first-order valence-corrected chi connectivity index (χ1v) is 6.42. The minimum absolute atomic E-state index is 0.207. The molecule has 0 saturated carbocycles. The van der Waals surface area contributed by atoms with Crippen molar-refractivity contribution in [2.75, 3.05) is 26.2 Å². The lowest BCUT2D eigenvalue weighted by molar-refractivity contribution is 0.148. The number of carbonyl (C=O) groups is 1. The predicted molar refractivity (Wildman–Crippen MR) is 67.3 cm³/mol. The van der Waals surface area contributed by atoms with Gasteiger partial charge in [-0.2, -0.15) is 0 Å². The number of piperidine rings is 1. The van der Waals surface area contributed by atoms with E-state index < -0.39 is 0 Å². The minimum atomic E-state index is 0.207. The lowest BCUT2D eigenvalue weighted by atomic mass is 9.97. The van der Waals surface area contributed by atoms with E-state index in [2.05, 4.69) is 0 Å². The fraction of sp³-hybridized carbons (Fsp3) is 0.818. The topological polar surface area (TPSA) is 49.6 Å². The van der Waals surface area contributed by atoms with Crippen LogP contribution in [0.4, 0.5) is 4.79 Å². The summed E-state index contributed by atoms with van der Waals surface area (Å²) in [4.78, 5) is 16.6. The summed E-state index contributed by atoms with van der Waals surface area (Å²) in [6.07, 6.45) is 4.15. The molecule has 0 atom stereocenters. The van der Waals surface area contributed by atoms with Gasteiger partial charge >= 0.3 is 6.03 Å². The number of hydrogen-bond acceptors (Lipinski definition) is 2. The second kappa shape index (κ2) is 4.99. The van der Waals surface area contributed by atoms with Gasteiger partial charge in [0.05, 0.1) is 4.99 Å². The molecule has 2 amide bonds. The van der Waals surface area contributed by atoms with Crippen LogP contribution in [0.3, 0.4) is 0 Å². The van der Waals surface area contributed by atoms with E-state index in [4.69, 9.17) is 18.0 Å². The van der Waals surface area contributed by atoms with Crippen molar-refractivity contribution in [2.24, 2.45) is 11.7 Å². The van der Waals surface area contributed by atoms with Gasteiger partial charge in [0.25, 0.3) is 0 Å². The maximum absolute atomic E-state index is 12.1. The summed E-state index contributed by atoms with van der Waals surface area (Å²) in [7, 11) is 0. The molecule has 5 heteroatoms. The van der Waals surface area contributed by atoms with Crippen molar-refractivity contribution < 1.29 is 4.79 Å². The fourth-order valence-corrected chi connectivity index (χ4v) is 2.70. The van der Waals surface area contributed by atoms with Crippen molar-refractivity contribution >= 4 is 23.2 Å². The second-order valence-electron chi connectivity index (χ2n) is 4.64.